The smallest absolute Gasteiger partial charge is 0.134 e. The Labute approximate surface area is 90.1 Å². The van der Waals surface area contributed by atoms with Crippen molar-refractivity contribution in [2.75, 3.05) is 0 Å². The van der Waals surface area contributed by atoms with E-state index in [4.69, 9.17) is 10.2 Å². The molecule has 0 amide bonds. The van der Waals surface area contributed by atoms with E-state index >= 15 is 0 Å². The fraction of sp³-hybridized carbons (Fsp3) is 0.385. The van der Waals surface area contributed by atoms with E-state index in [1.54, 1.807) is 0 Å². The van der Waals surface area contributed by atoms with Crippen molar-refractivity contribution in [2.24, 2.45) is 5.73 Å². The first-order valence-corrected chi connectivity index (χ1v) is 5.55. The molecule has 1 aromatic heterocycles. The van der Waals surface area contributed by atoms with E-state index in [1.165, 1.54) is 18.2 Å². The molecule has 2 rings (SSSR count). The lowest BCUT2D eigenvalue weighted by molar-refractivity contribution is 0.536. The molecular formula is C13H17NO. The summed E-state index contributed by atoms with van der Waals surface area (Å²) in [6.45, 7) is 2.78. The van der Waals surface area contributed by atoms with Crippen LogP contribution >= 0.6 is 0 Å². The van der Waals surface area contributed by atoms with Gasteiger partial charge in [-0.15, -0.1) is 0 Å². The predicted molar refractivity (Wildman–Crippen MR) is 62.7 cm³/mol. The lowest BCUT2D eigenvalue weighted by Gasteiger charge is -1.94. The van der Waals surface area contributed by atoms with Gasteiger partial charge in [-0.05, 0) is 30.2 Å². The molecule has 2 aromatic rings. The minimum atomic E-state index is 0.589. The molecular weight excluding hydrogens is 186 g/mol. The molecule has 0 aliphatic carbocycles. The number of hydrogen-bond acceptors (Lipinski definition) is 2. The van der Waals surface area contributed by atoms with E-state index in [9.17, 15) is 0 Å². The Morgan fingerprint density at radius 1 is 1.27 bits per heavy atom. The third-order valence-electron chi connectivity index (χ3n) is 2.64. The van der Waals surface area contributed by atoms with E-state index < -0.39 is 0 Å². The maximum atomic E-state index is 5.73. The van der Waals surface area contributed by atoms with Gasteiger partial charge in [0.1, 0.15) is 11.3 Å². The lowest BCUT2D eigenvalue weighted by Crippen LogP contribution is -1.94. The van der Waals surface area contributed by atoms with Crippen LogP contribution in [0.3, 0.4) is 0 Å². The van der Waals surface area contributed by atoms with E-state index in [0.29, 0.717) is 6.54 Å². The molecule has 80 valence electrons. The second-order valence-corrected chi connectivity index (χ2v) is 3.89. The summed E-state index contributed by atoms with van der Waals surface area (Å²) in [7, 11) is 0. The van der Waals surface area contributed by atoms with Crippen LogP contribution in [0.25, 0.3) is 11.0 Å². The number of benzene rings is 1. The number of hydrogen-bond donors (Lipinski definition) is 1. The molecule has 0 aliphatic heterocycles. The minimum absolute atomic E-state index is 0.589. The molecule has 1 aromatic carbocycles. The maximum absolute atomic E-state index is 5.73. The Hall–Kier alpha value is -1.28. The normalized spacial score (nSPS) is 11.1. The van der Waals surface area contributed by atoms with Crippen molar-refractivity contribution in [3.8, 4) is 0 Å². The topological polar surface area (TPSA) is 39.2 Å². The third-order valence-corrected chi connectivity index (χ3v) is 2.64. The zero-order chi connectivity index (χ0) is 10.7. The number of unbranched alkanes of at least 4 members (excludes halogenated alkanes) is 1. The lowest BCUT2D eigenvalue weighted by atomic mass is 10.1. The molecule has 0 unspecified atom stereocenters. The maximum Gasteiger partial charge on any atom is 0.134 e. The first kappa shape index (κ1) is 10.2. The fourth-order valence-electron chi connectivity index (χ4n) is 1.75. The van der Waals surface area contributed by atoms with Crippen molar-refractivity contribution >= 4 is 11.0 Å². The van der Waals surface area contributed by atoms with Crippen LogP contribution in [-0.2, 0) is 13.0 Å². The van der Waals surface area contributed by atoms with Gasteiger partial charge in [-0.1, -0.05) is 19.4 Å². The Morgan fingerprint density at radius 2 is 2.13 bits per heavy atom. The van der Waals surface area contributed by atoms with Gasteiger partial charge in [0.15, 0.2) is 0 Å². The van der Waals surface area contributed by atoms with Crippen LogP contribution in [-0.4, -0.2) is 0 Å². The highest BCUT2D eigenvalue weighted by Crippen LogP contribution is 2.21. The quantitative estimate of drug-likeness (QED) is 0.828. The Bertz CT molecular complexity index is 445. The first-order chi connectivity index (χ1) is 7.33. The standard InChI is InChI=1S/C13H17NO/c1-2-3-4-12-8-11-7-10(9-14)5-6-13(11)15-12/h5-8H,2-4,9,14H2,1H3. The number of nitrogens with two attached hydrogens (primary N) is 1. The van der Waals surface area contributed by atoms with Crippen LogP contribution in [0.5, 0.6) is 0 Å². The van der Waals surface area contributed by atoms with Gasteiger partial charge < -0.3 is 10.2 Å². The van der Waals surface area contributed by atoms with E-state index in [1.807, 2.05) is 12.1 Å². The van der Waals surface area contributed by atoms with E-state index in [2.05, 4.69) is 19.1 Å². The molecule has 0 fully saturated rings. The van der Waals surface area contributed by atoms with Crippen molar-refractivity contribution in [2.45, 2.75) is 32.7 Å². The molecule has 0 saturated heterocycles. The summed E-state index contributed by atoms with van der Waals surface area (Å²) in [4.78, 5) is 0. The van der Waals surface area contributed by atoms with Crippen molar-refractivity contribution in [3.63, 3.8) is 0 Å². The van der Waals surface area contributed by atoms with Crippen LogP contribution in [0.1, 0.15) is 31.1 Å². The molecule has 0 bridgehead atoms. The molecule has 15 heavy (non-hydrogen) atoms. The zero-order valence-corrected chi connectivity index (χ0v) is 9.12. The Kier molecular flexibility index (Phi) is 3.07. The molecule has 1 heterocycles. The Morgan fingerprint density at radius 3 is 2.87 bits per heavy atom. The first-order valence-electron chi connectivity index (χ1n) is 5.55. The van der Waals surface area contributed by atoms with Crippen molar-refractivity contribution in [3.05, 3.63) is 35.6 Å². The van der Waals surface area contributed by atoms with Crippen molar-refractivity contribution < 1.29 is 4.42 Å². The van der Waals surface area contributed by atoms with Crippen LogP contribution in [0.15, 0.2) is 28.7 Å². The molecule has 0 aliphatic rings. The summed E-state index contributed by atoms with van der Waals surface area (Å²) in [6.07, 6.45) is 3.41. The van der Waals surface area contributed by atoms with Crippen molar-refractivity contribution in [1.29, 1.82) is 0 Å². The van der Waals surface area contributed by atoms with Crippen LogP contribution in [0, 0.1) is 0 Å². The number of aryl methyl sites for hydroxylation is 1. The molecule has 0 radical (unpaired) electrons. The van der Waals surface area contributed by atoms with Gasteiger partial charge in [0, 0.05) is 18.4 Å². The summed E-state index contributed by atoms with van der Waals surface area (Å²) >= 11 is 0. The largest absolute Gasteiger partial charge is 0.461 e. The fourth-order valence-corrected chi connectivity index (χ4v) is 1.75. The van der Waals surface area contributed by atoms with Crippen molar-refractivity contribution in [1.82, 2.24) is 0 Å². The van der Waals surface area contributed by atoms with E-state index in [-0.39, 0.29) is 0 Å². The van der Waals surface area contributed by atoms with Gasteiger partial charge in [0.2, 0.25) is 0 Å². The van der Waals surface area contributed by atoms with Crippen LogP contribution in [0.2, 0.25) is 0 Å². The van der Waals surface area contributed by atoms with Gasteiger partial charge in [-0.3, -0.25) is 0 Å². The molecule has 2 nitrogen and oxygen atoms in total. The Balaban J connectivity index is 2.29. The summed E-state index contributed by atoms with van der Waals surface area (Å²) in [5.41, 5.74) is 7.73. The predicted octanol–water partition coefficient (Wildman–Crippen LogP) is 3.23. The zero-order valence-electron chi connectivity index (χ0n) is 9.12. The summed E-state index contributed by atoms with van der Waals surface area (Å²) in [5.74, 6) is 1.08. The average Bonchev–Trinajstić information content (AvgIpc) is 2.67. The van der Waals surface area contributed by atoms with Crippen LogP contribution in [0.4, 0.5) is 0 Å². The van der Waals surface area contributed by atoms with Gasteiger partial charge in [0.05, 0.1) is 0 Å². The van der Waals surface area contributed by atoms with E-state index in [0.717, 1.165) is 23.3 Å². The second kappa shape index (κ2) is 4.49. The highest BCUT2D eigenvalue weighted by atomic mass is 16.3. The number of rotatable bonds is 4. The highest BCUT2D eigenvalue weighted by Gasteiger charge is 2.03. The SMILES string of the molecule is CCCCc1cc2cc(CN)ccc2o1. The van der Waals surface area contributed by atoms with Gasteiger partial charge >= 0.3 is 0 Å². The summed E-state index contributed by atoms with van der Waals surface area (Å²) in [6, 6.07) is 8.26. The summed E-state index contributed by atoms with van der Waals surface area (Å²) < 4.78 is 5.73. The highest BCUT2D eigenvalue weighted by molar-refractivity contribution is 5.78. The van der Waals surface area contributed by atoms with Gasteiger partial charge in [-0.2, -0.15) is 0 Å². The molecule has 0 atom stereocenters. The monoisotopic (exact) mass is 203 g/mol. The minimum Gasteiger partial charge on any atom is -0.461 e. The van der Waals surface area contributed by atoms with Gasteiger partial charge in [-0.25, -0.2) is 0 Å². The second-order valence-electron chi connectivity index (χ2n) is 3.89. The molecule has 2 N–H and O–H groups in total. The number of furan rings is 1. The average molecular weight is 203 g/mol. The van der Waals surface area contributed by atoms with Gasteiger partial charge in [0.25, 0.3) is 0 Å². The molecule has 0 spiro atoms. The van der Waals surface area contributed by atoms with Crippen LogP contribution < -0.4 is 5.73 Å². The third kappa shape index (κ3) is 2.21. The number of fused-ring (bicyclic) bond motifs is 1. The molecule has 0 saturated carbocycles. The molecule has 2 heteroatoms. The summed E-state index contributed by atoms with van der Waals surface area (Å²) in [5, 5.41) is 1.17.